The van der Waals surface area contributed by atoms with E-state index in [1.165, 1.54) is 25.5 Å². The van der Waals surface area contributed by atoms with E-state index in [2.05, 4.69) is 15.7 Å². The van der Waals surface area contributed by atoms with E-state index in [4.69, 9.17) is 20.8 Å². The number of carbonyl (C=O) groups excluding carboxylic acids is 1. The first kappa shape index (κ1) is 20.1. The molecule has 0 saturated heterocycles. The number of fused-ring (bicyclic) bond motifs is 1. The number of alkyl halides is 3. The summed E-state index contributed by atoms with van der Waals surface area (Å²) in [5.41, 5.74) is 0.185. The molecule has 2 N–H and O–H groups in total. The average molecular weight is 441 g/mol. The Balaban J connectivity index is 1.61. The van der Waals surface area contributed by atoms with Gasteiger partial charge in [-0.3, -0.25) is 4.79 Å². The van der Waals surface area contributed by atoms with Crippen molar-refractivity contribution in [2.75, 3.05) is 17.7 Å². The number of nitrogens with one attached hydrogen (secondary N) is 2. The highest BCUT2D eigenvalue weighted by atomic mass is 35.5. The molecule has 0 radical (unpaired) electrons. The number of methoxy groups -OCH3 is 1. The minimum absolute atomic E-state index is 0.0721. The number of aromatic nitrogens is 2. The fraction of sp³-hybridized carbons (Fsp3) is 0.263. The van der Waals surface area contributed by atoms with Gasteiger partial charge < -0.3 is 19.8 Å². The number of hydrogen-bond donors (Lipinski definition) is 2. The summed E-state index contributed by atoms with van der Waals surface area (Å²) in [6.45, 7) is 0. The van der Waals surface area contributed by atoms with Gasteiger partial charge in [0.05, 0.1) is 24.4 Å². The third kappa shape index (κ3) is 3.82. The van der Waals surface area contributed by atoms with E-state index in [1.54, 1.807) is 24.3 Å². The van der Waals surface area contributed by atoms with Gasteiger partial charge in [-0.2, -0.15) is 18.3 Å². The molecule has 3 heterocycles. The summed E-state index contributed by atoms with van der Waals surface area (Å²) in [5, 5.41) is 9.70. The van der Waals surface area contributed by atoms with E-state index in [0.29, 0.717) is 17.2 Å². The van der Waals surface area contributed by atoms with Crippen molar-refractivity contribution in [1.82, 2.24) is 9.78 Å². The van der Waals surface area contributed by atoms with Gasteiger partial charge in [-0.05, 0) is 30.3 Å². The summed E-state index contributed by atoms with van der Waals surface area (Å²) < 4.78 is 52.1. The molecule has 1 aromatic carbocycles. The minimum atomic E-state index is -4.55. The lowest BCUT2D eigenvalue weighted by Gasteiger charge is -2.32. The van der Waals surface area contributed by atoms with Crippen molar-refractivity contribution in [3.05, 3.63) is 59.1 Å². The van der Waals surface area contributed by atoms with Crippen LogP contribution in [0.25, 0.3) is 0 Å². The highest BCUT2D eigenvalue weighted by molar-refractivity contribution is 6.32. The predicted octanol–water partition coefficient (Wildman–Crippen LogP) is 5.05. The summed E-state index contributed by atoms with van der Waals surface area (Å²) in [4.78, 5) is 12.6. The molecule has 0 unspecified atom stereocenters. The lowest BCUT2D eigenvalue weighted by atomic mass is 10.0. The number of amides is 1. The summed E-state index contributed by atoms with van der Waals surface area (Å²) >= 11 is 6.04. The van der Waals surface area contributed by atoms with Crippen LogP contribution in [0.4, 0.5) is 24.7 Å². The van der Waals surface area contributed by atoms with Crippen LogP contribution < -0.4 is 15.4 Å². The van der Waals surface area contributed by atoms with Gasteiger partial charge in [0, 0.05) is 18.2 Å². The first-order chi connectivity index (χ1) is 14.3. The van der Waals surface area contributed by atoms with Crippen LogP contribution in [0.2, 0.25) is 5.02 Å². The second-order valence-corrected chi connectivity index (χ2v) is 7.08. The van der Waals surface area contributed by atoms with Crippen LogP contribution in [0.1, 0.15) is 34.8 Å². The smallest absolute Gasteiger partial charge is 0.410 e. The van der Waals surface area contributed by atoms with Gasteiger partial charge in [-0.25, -0.2) is 4.68 Å². The predicted molar refractivity (Wildman–Crippen MR) is 103 cm³/mol. The number of nitrogens with zero attached hydrogens (tertiary/aromatic N) is 2. The standard InChI is InChI=1S/C19H16ClF3N4O3/c1-29-14-5-4-10(7-11(14)20)24-18(28)13-9-17-25-12(15-3-2-6-30-15)8-16(19(21,22)23)27(17)26-13/h2-7,9,12,16,25H,8H2,1H3,(H,24,28)/t12-,16+/m1/s1. The Morgan fingerprint density at radius 3 is 2.80 bits per heavy atom. The van der Waals surface area contributed by atoms with Crippen molar-refractivity contribution in [3.8, 4) is 5.75 Å². The Kier molecular flexibility index (Phi) is 5.10. The molecule has 30 heavy (non-hydrogen) atoms. The number of halogens is 4. The molecule has 11 heteroatoms. The highest BCUT2D eigenvalue weighted by Gasteiger charge is 2.47. The molecule has 0 fully saturated rings. The van der Waals surface area contributed by atoms with E-state index in [-0.39, 0.29) is 23.0 Å². The van der Waals surface area contributed by atoms with Gasteiger partial charge in [0.25, 0.3) is 5.91 Å². The lowest BCUT2D eigenvalue weighted by molar-refractivity contribution is -0.174. The molecule has 7 nitrogen and oxygen atoms in total. The van der Waals surface area contributed by atoms with E-state index in [0.717, 1.165) is 4.68 Å². The summed E-state index contributed by atoms with van der Waals surface area (Å²) in [5.74, 6) is 0.196. The molecule has 0 saturated carbocycles. The Labute approximate surface area is 173 Å². The van der Waals surface area contributed by atoms with E-state index < -0.39 is 24.2 Å². The summed E-state index contributed by atoms with van der Waals surface area (Å²) in [6.07, 6.45) is -3.48. The fourth-order valence-corrected chi connectivity index (χ4v) is 3.56. The number of furan rings is 1. The first-order valence-corrected chi connectivity index (χ1v) is 9.25. The molecule has 3 aromatic rings. The van der Waals surface area contributed by atoms with Crippen LogP contribution in [0.5, 0.6) is 5.75 Å². The van der Waals surface area contributed by atoms with Crippen molar-refractivity contribution < 1.29 is 27.1 Å². The second-order valence-electron chi connectivity index (χ2n) is 6.67. The van der Waals surface area contributed by atoms with Gasteiger partial charge >= 0.3 is 6.18 Å². The zero-order valence-electron chi connectivity index (χ0n) is 15.5. The highest BCUT2D eigenvalue weighted by Crippen LogP contribution is 2.43. The molecule has 0 spiro atoms. The van der Waals surface area contributed by atoms with Crippen molar-refractivity contribution in [3.63, 3.8) is 0 Å². The quantitative estimate of drug-likeness (QED) is 0.593. The number of carbonyl (C=O) groups is 1. The zero-order valence-corrected chi connectivity index (χ0v) is 16.3. The van der Waals surface area contributed by atoms with Crippen LogP contribution in [0, 0.1) is 0 Å². The van der Waals surface area contributed by atoms with Gasteiger partial charge in [-0.15, -0.1) is 0 Å². The molecular weight excluding hydrogens is 425 g/mol. The molecule has 158 valence electrons. The zero-order chi connectivity index (χ0) is 21.5. The maximum Gasteiger partial charge on any atom is 0.410 e. The third-order valence-electron chi connectivity index (χ3n) is 4.72. The molecular formula is C19H16ClF3N4O3. The Hall–Kier alpha value is -3.14. The molecule has 0 bridgehead atoms. The second kappa shape index (κ2) is 7.60. The first-order valence-electron chi connectivity index (χ1n) is 8.87. The third-order valence-corrected chi connectivity index (χ3v) is 5.01. The topological polar surface area (TPSA) is 81.3 Å². The normalized spacial score (nSPS) is 18.4. The fourth-order valence-electron chi connectivity index (χ4n) is 3.30. The molecule has 0 aliphatic carbocycles. The Morgan fingerprint density at radius 2 is 2.17 bits per heavy atom. The van der Waals surface area contributed by atoms with Crippen LogP contribution in [-0.2, 0) is 0 Å². The number of hydrogen-bond acceptors (Lipinski definition) is 5. The lowest BCUT2D eigenvalue weighted by Crippen LogP contribution is -2.35. The van der Waals surface area contributed by atoms with Gasteiger partial charge in [-0.1, -0.05) is 11.6 Å². The van der Waals surface area contributed by atoms with Gasteiger partial charge in [0.15, 0.2) is 11.7 Å². The molecule has 1 amide bonds. The van der Waals surface area contributed by atoms with E-state index in [1.807, 2.05) is 0 Å². The van der Waals surface area contributed by atoms with E-state index >= 15 is 0 Å². The minimum Gasteiger partial charge on any atom is -0.495 e. The Bertz CT molecular complexity index is 1070. The molecule has 1 aliphatic heterocycles. The van der Waals surface area contributed by atoms with Crippen LogP contribution >= 0.6 is 11.6 Å². The number of rotatable bonds is 4. The maximum atomic E-state index is 13.7. The van der Waals surface area contributed by atoms with Crippen LogP contribution in [-0.4, -0.2) is 29.0 Å². The monoisotopic (exact) mass is 440 g/mol. The SMILES string of the molecule is COc1ccc(NC(=O)c2cc3n(n2)[C@H](C(F)(F)F)C[C@H](c2ccco2)N3)cc1Cl. The summed E-state index contributed by atoms with van der Waals surface area (Å²) in [7, 11) is 1.45. The summed E-state index contributed by atoms with van der Waals surface area (Å²) in [6, 6.07) is 6.45. The average Bonchev–Trinajstić information content (AvgIpc) is 3.36. The Morgan fingerprint density at radius 1 is 1.37 bits per heavy atom. The molecule has 1 aliphatic rings. The van der Waals surface area contributed by atoms with E-state index in [9.17, 15) is 18.0 Å². The molecule has 4 rings (SSSR count). The molecule has 2 atom stereocenters. The van der Waals surface area contributed by atoms with Gasteiger partial charge in [0.2, 0.25) is 0 Å². The van der Waals surface area contributed by atoms with Gasteiger partial charge in [0.1, 0.15) is 17.3 Å². The molecule has 2 aromatic heterocycles. The van der Waals surface area contributed by atoms with Crippen molar-refractivity contribution in [1.29, 1.82) is 0 Å². The number of benzene rings is 1. The number of ether oxygens (including phenoxy) is 1. The van der Waals surface area contributed by atoms with Crippen molar-refractivity contribution in [2.45, 2.75) is 24.7 Å². The number of anilines is 2. The van der Waals surface area contributed by atoms with Crippen molar-refractivity contribution in [2.24, 2.45) is 0 Å². The maximum absolute atomic E-state index is 13.7. The largest absolute Gasteiger partial charge is 0.495 e. The van der Waals surface area contributed by atoms with Crippen molar-refractivity contribution >= 4 is 29.0 Å². The van der Waals surface area contributed by atoms with Crippen LogP contribution in [0.3, 0.4) is 0 Å². The van der Waals surface area contributed by atoms with Crippen LogP contribution in [0.15, 0.2) is 47.1 Å².